The summed E-state index contributed by atoms with van der Waals surface area (Å²) in [6, 6.07) is 5.31. The van der Waals surface area contributed by atoms with E-state index >= 15 is 0 Å². The molecule has 0 bridgehead atoms. The van der Waals surface area contributed by atoms with E-state index in [9.17, 15) is 4.79 Å². The van der Waals surface area contributed by atoms with Gasteiger partial charge in [-0.3, -0.25) is 0 Å². The van der Waals surface area contributed by atoms with Crippen molar-refractivity contribution in [3.63, 3.8) is 0 Å². The maximum Gasteiger partial charge on any atom is 0.418 e. The molecule has 0 atom stereocenters. The van der Waals surface area contributed by atoms with Crippen LogP contribution in [0.25, 0.3) is 11.0 Å². The number of nitrogens with zero attached hydrogens (tertiary/aromatic N) is 2. The normalized spacial score (nSPS) is 10.7. The number of aromatic nitrogens is 2. The standard InChI is InChI=1S/C8H4ClIN2O2/c9-7-11-5-2-1-4(10)3-6(5)12(7)8(13)14/h1-3H,(H,13,14). The van der Waals surface area contributed by atoms with Crippen LogP contribution in [0.1, 0.15) is 0 Å². The number of carbonyl (C=O) groups is 1. The molecule has 0 fully saturated rings. The molecule has 14 heavy (non-hydrogen) atoms. The molecule has 0 radical (unpaired) electrons. The lowest BCUT2D eigenvalue weighted by atomic mass is 10.3. The molecule has 4 nitrogen and oxygen atoms in total. The first-order chi connectivity index (χ1) is 6.59. The van der Waals surface area contributed by atoms with Crippen LogP contribution in [-0.2, 0) is 0 Å². The fourth-order valence-corrected chi connectivity index (χ4v) is 1.93. The van der Waals surface area contributed by atoms with Gasteiger partial charge < -0.3 is 5.11 Å². The maximum absolute atomic E-state index is 10.8. The van der Waals surface area contributed by atoms with Gasteiger partial charge in [0.2, 0.25) is 5.28 Å². The van der Waals surface area contributed by atoms with Crippen LogP contribution in [0.4, 0.5) is 4.79 Å². The van der Waals surface area contributed by atoms with Gasteiger partial charge in [-0.15, -0.1) is 0 Å². The molecular weight excluding hydrogens is 318 g/mol. The maximum atomic E-state index is 10.8. The van der Waals surface area contributed by atoms with Gasteiger partial charge in [0, 0.05) is 3.57 Å². The molecule has 1 aromatic carbocycles. The first-order valence-corrected chi connectivity index (χ1v) is 5.12. The first kappa shape index (κ1) is 9.72. The second kappa shape index (κ2) is 3.39. The van der Waals surface area contributed by atoms with E-state index in [4.69, 9.17) is 16.7 Å². The van der Waals surface area contributed by atoms with E-state index in [1.807, 2.05) is 6.07 Å². The third-order valence-corrected chi connectivity index (χ3v) is 2.69. The van der Waals surface area contributed by atoms with Gasteiger partial charge in [0.25, 0.3) is 0 Å². The van der Waals surface area contributed by atoms with Crippen LogP contribution in [0.3, 0.4) is 0 Å². The van der Waals surface area contributed by atoms with Crippen LogP contribution in [0, 0.1) is 3.57 Å². The molecule has 0 aliphatic carbocycles. The van der Waals surface area contributed by atoms with Crippen LogP contribution < -0.4 is 0 Å². The number of rotatable bonds is 0. The minimum atomic E-state index is -1.13. The second-order valence-corrected chi connectivity index (χ2v) is 4.22. The minimum Gasteiger partial charge on any atom is -0.464 e. The Morgan fingerprint density at radius 2 is 2.29 bits per heavy atom. The average molecular weight is 322 g/mol. The molecule has 1 N–H and O–H groups in total. The molecule has 6 heteroatoms. The summed E-state index contributed by atoms with van der Waals surface area (Å²) in [5, 5.41) is 8.85. The lowest BCUT2D eigenvalue weighted by Crippen LogP contribution is -2.07. The zero-order valence-corrected chi connectivity index (χ0v) is 9.65. The third-order valence-electron chi connectivity index (χ3n) is 1.77. The lowest BCUT2D eigenvalue weighted by Gasteiger charge is -1.97. The van der Waals surface area contributed by atoms with Crippen molar-refractivity contribution in [3.05, 3.63) is 27.1 Å². The summed E-state index contributed by atoms with van der Waals surface area (Å²) >= 11 is 7.78. The van der Waals surface area contributed by atoms with Gasteiger partial charge in [0.05, 0.1) is 11.0 Å². The van der Waals surface area contributed by atoms with E-state index in [1.165, 1.54) is 0 Å². The molecule has 72 valence electrons. The summed E-state index contributed by atoms with van der Waals surface area (Å²) < 4.78 is 1.90. The highest BCUT2D eigenvalue weighted by atomic mass is 127. The van der Waals surface area contributed by atoms with Gasteiger partial charge in [-0.25, -0.2) is 14.3 Å². The van der Waals surface area contributed by atoms with Crippen molar-refractivity contribution in [3.8, 4) is 0 Å². The lowest BCUT2D eigenvalue weighted by molar-refractivity contribution is 0.197. The van der Waals surface area contributed by atoms with Gasteiger partial charge in [-0.1, -0.05) is 0 Å². The number of hydrogen-bond acceptors (Lipinski definition) is 2. The summed E-state index contributed by atoms with van der Waals surface area (Å²) in [6.45, 7) is 0. The molecule has 2 rings (SSSR count). The quantitative estimate of drug-likeness (QED) is 0.759. The Labute approximate surface area is 97.6 Å². The average Bonchev–Trinajstić information content (AvgIpc) is 2.40. The molecule has 0 saturated carbocycles. The zero-order valence-electron chi connectivity index (χ0n) is 6.74. The van der Waals surface area contributed by atoms with E-state index in [0.717, 1.165) is 8.14 Å². The van der Waals surface area contributed by atoms with E-state index in [1.54, 1.807) is 12.1 Å². The van der Waals surface area contributed by atoms with Crippen molar-refractivity contribution >= 4 is 51.3 Å². The number of fused-ring (bicyclic) bond motifs is 1. The molecule has 0 saturated heterocycles. The molecule has 0 aliphatic heterocycles. The van der Waals surface area contributed by atoms with Crippen LogP contribution in [0.5, 0.6) is 0 Å². The molecule has 0 spiro atoms. The molecule has 0 amide bonds. The fourth-order valence-electron chi connectivity index (χ4n) is 1.20. The number of benzene rings is 1. The SMILES string of the molecule is O=C(O)n1c(Cl)nc2ccc(I)cc21. The molecular formula is C8H4ClIN2O2. The molecule has 0 unspecified atom stereocenters. The molecule has 2 aromatic rings. The van der Waals surface area contributed by atoms with E-state index in [-0.39, 0.29) is 5.28 Å². The number of carboxylic acid groups (broad SMARTS) is 1. The monoisotopic (exact) mass is 322 g/mol. The molecule has 0 aliphatic rings. The van der Waals surface area contributed by atoms with Crippen LogP contribution in [0.15, 0.2) is 18.2 Å². The van der Waals surface area contributed by atoms with Gasteiger partial charge in [0.1, 0.15) is 0 Å². The second-order valence-electron chi connectivity index (χ2n) is 2.63. The predicted molar refractivity (Wildman–Crippen MR) is 60.9 cm³/mol. The Morgan fingerprint density at radius 1 is 1.57 bits per heavy atom. The summed E-state index contributed by atoms with van der Waals surface area (Å²) in [5.41, 5.74) is 1.09. The minimum absolute atomic E-state index is 0.0329. The van der Waals surface area contributed by atoms with Crippen LogP contribution in [-0.4, -0.2) is 20.8 Å². The Balaban J connectivity index is 2.86. The van der Waals surface area contributed by atoms with Crippen molar-refractivity contribution in [2.75, 3.05) is 0 Å². The third kappa shape index (κ3) is 1.46. The summed E-state index contributed by atoms with van der Waals surface area (Å²) in [6.07, 6.45) is -1.13. The van der Waals surface area contributed by atoms with Crippen molar-refractivity contribution in [2.45, 2.75) is 0 Å². The summed E-state index contributed by atoms with van der Waals surface area (Å²) in [7, 11) is 0. The highest BCUT2D eigenvalue weighted by Gasteiger charge is 2.13. The van der Waals surface area contributed by atoms with Crippen molar-refractivity contribution in [1.29, 1.82) is 0 Å². The fraction of sp³-hybridized carbons (Fsp3) is 0. The first-order valence-electron chi connectivity index (χ1n) is 3.66. The molecule has 1 aromatic heterocycles. The zero-order chi connectivity index (χ0) is 10.3. The van der Waals surface area contributed by atoms with Gasteiger partial charge >= 0.3 is 6.09 Å². The highest BCUT2D eigenvalue weighted by molar-refractivity contribution is 14.1. The van der Waals surface area contributed by atoms with E-state index in [0.29, 0.717) is 11.0 Å². The van der Waals surface area contributed by atoms with Crippen molar-refractivity contribution in [1.82, 2.24) is 9.55 Å². The number of hydrogen-bond donors (Lipinski definition) is 1. The number of imidazole rings is 1. The van der Waals surface area contributed by atoms with Gasteiger partial charge in [0.15, 0.2) is 0 Å². The summed E-state index contributed by atoms with van der Waals surface area (Å²) in [5.74, 6) is 0. The van der Waals surface area contributed by atoms with Crippen LogP contribution >= 0.6 is 34.2 Å². The Hall–Kier alpha value is -0.820. The van der Waals surface area contributed by atoms with E-state index in [2.05, 4.69) is 27.6 Å². The van der Waals surface area contributed by atoms with Crippen molar-refractivity contribution < 1.29 is 9.90 Å². The Kier molecular flexibility index (Phi) is 2.36. The predicted octanol–water partition coefficient (Wildman–Crippen LogP) is 2.82. The van der Waals surface area contributed by atoms with Gasteiger partial charge in [-0.05, 0) is 52.4 Å². The summed E-state index contributed by atoms with van der Waals surface area (Å²) in [4.78, 5) is 14.8. The Morgan fingerprint density at radius 3 is 2.93 bits per heavy atom. The van der Waals surface area contributed by atoms with Gasteiger partial charge in [-0.2, -0.15) is 0 Å². The largest absolute Gasteiger partial charge is 0.464 e. The highest BCUT2D eigenvalue weighted by Crippen LogP contribution is 2.21. The smallest absolute Gasteiger partial charge is 0.418 e. The topological polar surface area (TPSA) is 55.1 Å². The molecule has 1 heterocycles. The van der Waals surface area contributed by atoms with E-state index < -0.39 is 6.09 Å². The van der Waals surface area contributed by atoms with Crippen LogP contribution in [0.2, 0.25) is 5.28 Å². The number of halogens is 2. The van der Waals surface area contributed by atoms with Crippen molar-refractivity contribution in [2.24, 2.45) is 0 Å². The Bertz CT molecular complexity index is 523.